The molecule has 1 aliphatic heterocycles. The van der Waals surface area contributed by atoms with Gasteiger partial charge in [-0.25, -0.2) is 19.4 Å². The summed E-state index contributed by atoms with van der Waals surface area (Å²) in [6.07, 6.45) is 1.64. The fourth-order valence-electron chi connectivity index (χ4n) is 4.89. The molecule has 0 atom stereocenters. The van der Waals surface area contributed by atoms with Crippen molar-refractivity contribution < 1.29 is 33.4 Å². The number of hydrogen-bond acceptors (Lipinski definition) is 10. The summed E-state index contributed by atoms with van der Waals surface area (Å²) in [4.78, 5) is 62.8. The first-order chi connectivity index (χ1) is 22.7. The highest BCUT2D eigenvalue weighted by molar-refractivity contribution is 5.90. The van der Waals surface area contributed by atoms with Crippen LogP contribution in [0.3, 0.4) is 0 Å². The molecule has 2 heterocycles. The molecule has 15 nitrogen and oxygen atoms in total. The van der Waals surface area contributed by atoms with E-state index in [0.717, 1.165) is 10.2 Å². The Morgan fingerprint density at radius 3 is 1.69 bits per heavy atom. The highest BCUT2D eigenvalue weighted by atomic mass is 16.6. The zero-order chi connectivity index (χ0) is 36.6. The van der Waals surface area contributed by atoms with E-state index < -0.39 is 35.0 Å². The largest absolute Gasteiger partial charge is 0.488 e. The van der Waals surface area contributed by atoms with E-state index in [0.29, 0.717) is 44.2 Å². The molecule has 1 fully saturated rings. The number of rotatable bonds is 4. The minimum atomic E-state index is -0.703. The van der Waals surface area contributed by atoms with Crippen LogP contribution in [0.15, 0.2) is 30.9 Å². The van der Waals surface area contributed by atoms with Crippen LogP contribution in [0.2, 0.25) is 0 Å². The van der Waals surface area contributed by atoms with Gasteiger partial charge in [0.05, 0.1) is 0 Å². The van der Waals surface area contributed by atoms with E-state index in [2.05, 4.69) is 20.3 Å². The molecule has 1 saturated heterocycles. The second-order valence-corrected chi connectivity index (χ2v) is 15.0. The maximum atomic E-state index is 13.3. The van der Waals surface area contributed by atoms with Gasteiger partial charge in [0.25, 0.3) is 0 Å². The number of anilines is 1. The number of amides is 4. The van der Waals surface area contributed by atoms with Gasteiger partial charge in [0.1, 0.15) is 35.2 Å². The van der Waals surface area contributed by atoms with Crippen molar-refractivity contribution in [2.45, 2.75) is 92.6 Å². The predicted molar refractivity (Wildman–Crippen MR) is 184 cm³/mol. The van der Waals surface area contributed by atoms with Crippen LogP contribution >= 0.6 is 0 Å². The smallest absolute Gasteiger partial charge is 0.410 e. The molecule has 1 aromatic carbocycles. The molecule has 1 aliphatic rings. The zero-order valence-corrected chi connectivity index (χ0v) is 30.7. The molecule has 49 heavy (non-hydrogen) atoms. The van der Waals surface area contributed by atoms with E-state index >= 15 is 0 Å². The molecular formula is C34H54N8O7. The first-order valence-corrected chi connectivity index (χ1v) is 16.6. The van der Waals surface area contributed by atoms with Crippen molar-refractivity contribution in [2.75, 3.05) is 57.7 Å². The zero-order valence-electron chi connectivity index (χ0n) is 30.7. The summed E-state index contributed by atoms with van der Waals surface area (Å²) in [6, 6.07) is 4.93. The molecule has 0 aliphatic carbocycles. The third-order valence-electron chi connectivity index (χ3n) is 7.15. The topological polar surface area (TPSA) is 152 Å². The van der Waals surface area contributed by atoms with Crippen molar-refractivity contribution in [2.24, 2.45) is 0 Å². The number of carbonyl (C=O) groups is 4. The SMILES string of the molecule is CC(=O)N1CCN(C(=O)OC(C)(C)C)CCN(Cc2cc(NC(=O)n3cncn3)ccc2OC(C)(C)C)CCN(C(=O)OC(C)(C)C)CC1. The van der Waals surface area contributed by atoms with Crippen molar-refractivity contribution in [1.29, 1.82) is 0 Å². The van der Waals surface area contributed by atoms with Gasteiger partial charge in [-0.2, -0.15) is 9.78 Å². The lowest BCUT2D eigenvalue weighted by Crippen LogP contribution is -2.50. The summed E-state index contributed by atoms with van der Waals surface area (Å²) in [5.74, 6) is 0.469. The molecular weight excluding hydrogens is 632 g/mol. The molecule has 15 heteroatoms. The van der Waals surface area contributed by atoms with Crippen molar-refractivity contribution in [3.05, 3.63) is 36.4 Å². The van der Waals surface area contributed by atoms with Gasteiger partial charge in [-0.3, -0.25) is 9.69 Å². The van der Waals surface area contributed by atoms with E-state index in [1.54, 1.807) is 20.8 Å². The molecule has 272 valence electrons. The number of nitrogens with zero attached hydrogens (tertiary/aromatic N) is 7. The van der Waals surface area contributed by atoms with Crippen LogP contribution in [0.25, 0.3) is 0 Å². The molecule has 0 radical (unpaired) electrons. The third-order valence-corrected chi connectivity index (χ3v) is 7.15. The summed E-state index contributed by atoms with van der Waals surface area (Å²) in [5.41, 5.74) is -0.600. The number of benzene rings is 1. The Morgan fingerprint density at radius 1 is 0.735 bits per heavy atom. The van der Waals surface area contributed by atoms with Crippen molar-refractivity contribution >= 4 is 29.8 Å². The first kappa shape index (κ1) is 39.0. The number of ether oxygens (including phenoxy) is 3. The average Bonchev–Trinajstić information content (AvgIpc) is 3.48. The van der Waals surface area contributed by atoms with Gasteiger partial charge >= 0.3 is 18.2 Å². The molecule has 1 aromatic heterocycles. The second kappa shape index (κ2) is 16.3. The summed E-state index contributed by atoms with van der Waals surface area (Å²) < 4.78 is 18.9. The summed E-state index contributed by atoms with van der Waals surface area (Å²) in [5, 5.41) is 6.74. The molecule has 0 unspecified atom stereocenters. The fourth-order valence-corrected chi connectivity index (χ4v) is 4.89. The van der Waals surface area contributed by atoms with Gasteiger partial charge in [0.15, 0.2) is 0 Å². The minimum Gasteiger partial charge on any atom is -0.488 e. The Balaban J connectivity index is 1.98. The Morgan fingerprint density at radius 2 is 1.24 bits per heavy atom. The maximum absolute atomic E-state index is 13.3. The lowest BCUT2D eigenvalue weighted by Gasteiger charge is -2.35. The van der Waals surface area contributed by atoms with E-state index in [4.69, 9.17) is 14.2 Å². The monoisotopic (exact) mass is 686 g/mol. The molecule has 0 saturated carbocycles. The molecule has 3 rings (SSSR count). The van der Waals surface area contributed by atoms with E-state index in [9.17, 15) is 19.2 Å². The van der Waals surface area contributed by atoms with Crippen molar-refractivity contribution in [3.8, 4) is 5.75 Å². The number of aromatic nitrogens is 3. The van der Waals surface area contributed by atoms with Gasteiger partial charge < -0.3 is 34.2 Å². The van der Waals surface area contributed by atoms with Crippen LogP contribution in [0.5, 0.6) is 5.75 Å². The van der Waals surface area contributed by atoms with Crippen molar-refractivity contribution in [3.63, 3.8) is 0 Å². The Hall–Kier alpha value is -4.40. The number of nitrogens with one attached hydrogen (secondary N) is 1. The van der Waals surface area contributed by atoms with Crippen molar-refractivity contribution in [1.82, 2.24) is 34.4 Å². The van der Waals surface area contributed by atoms with E-state index in [1.165, 1.54) is 19.6 Å². The average molecular weight is 687 g/mol. The highest BCUT2D eigenvalue weighted by Gasteiger charge is 2.28. The fraction of sp³-hybridized carbons (Fsp3) is 0.647. The molecule has 4 amide bonds. The maximum Gasteiger partial charge on any atom is 0.410 e. The quantitative estimate of drug-likeness (QED) is 0.480. The normalized spacial score (nSPS) is 15.9. The lowest BCUT2D eigenvalue weighted by atomic mass is 10.1. The van der Waals surface area contributed by atoms with E-state index in [1.807, 2.05) is 74.4 Å². The standard InChI is InChI=1S/C34H54N8O7/c1-25(43)39-17-19-40(30(45)48-33(5,6)7)15-13-38(14-16-41(20-18-39)31(46)49-34(8,9)10)22-26-21-27(11-12-28(26)47-32(2,3)4)37-29(44)42-24-35-23-36-42/h11-12,21,23-24H,13-20,22H2,1-10H3,(H,37,44). The van der Waals surface area contributed by atoms with Crippen LogP contribution in [-0.2, 0) is 20.8 Å². The Kier molecular flexibility index (Phi) is 13.0. The van der Waals surface area contributed by atoms with Crippen LogP contribution in [-0.4, -0.2) is 128 Å². The first-order valence-electron chi connectivity index (χ1n) is 16.6. The van der Waals surface area contributed by atoms with Gasteiger partial charge in [-0.05, 0) is 80.5 Å². The van der Waals surface area contributed by atoms with E-state index in [-0.39, 0.29) is 32.1 Å². The molecule has 0 spiro atoms. The van der Waals surface area contributed by atoms with Crippen LogP contribution < -0.4 is 10.1 Å². The minimum absolute atomic E-state index is 0.158. The molecule has 0 bridgehead atoms. The van der Waals surface area contributed by atoms with Gasteiger partial charge in [0, 0.05) is 77.1 Å². The summed E-state index contributed by atoms with van der Waals surface area (Å²) in [7, 11) is 0. The second-order valence-electron chi connectivity index (χ2n) is 15.0. The van der Waals surface area contributed by atoms with Crippen LogP contribution in [0, 0.1) is 0 Å². The Labute approximate surface area is 289 Å². The predicted octanol–water partition coefficient (Wildman–Crippen LogP) is 4.67. The lowest BCUT2D eigenvalue weighted by molar-refractivity contribution is -0.129. The summed E-state index contributed by atoms with van der Waals surface area (Å²) >= 11 is 0. The molecule has 1 N–H and O–H groups in total. The third kappa shape index (κ3) is 13.6. The number of carbonyl (C=O) groups excluding carboxylic acids is 4. The number of hydrogen-bond donors (Lipinski definition) is 1. The van der Waals surface area contributed by atoms with Gasteiger partial charge in [-0.15, -0.1) is 0 Å². The van der Waals surface area contributed by atoms with Gasteiger partial charge in [0.2, 0.25) is 5.91 Å². The molecule has 2 aromatic rings. The van der Waals surface area contributed by atoms with Crippen LogP contribution in [0.4, 0.5) is 20.1 Å². The summed E-state index contributed by atoms with van der Waals surface area (Å²) in [6.45, 7) is 21.0. The Bertz CT molecular complexity index is 1380. The van der Waals surface area contributed by atoms with Crippen LogP contribution in [0.1, 0.15) is 74.8 Å². The highest BCUT2D eigenvalue weighted by Crippen LogP contribution is 2.28. The van der Waals surface area contributed by atoms with Gasteiger partial charge in [-0.1, -0.05) is 0 Å².